The minimum Gasteiger partial charge on any atom is -0.329 e. The highest BCUT2D eigenvalue weighted by Gasteiger charge is 2.35. The topological polar surface area (TPSA) is 72.2 Å². The van der Waals surface area contributed by atoms with Gasteiger partial charge in [-0.15, -0.1) is 0 Å². The van der Waals surface area contributed by atoms with Crippen molar-refractivity contribution in [1.82, 2.24) is 4.72 Å². The van der Waals surface area contributed by atoms with Gasteiger partial charge in [-0.1, -0.05) is 25.3 Å². The molecule has 3 N–H and O–H groups in total. The zero-order chi connectivity index (χ0) is 14.9. The number of benzene rings is 1. The van der Waals surface area contributed by atoms with Crippen molar-refractivity contribution in [2.24, 2.45) is 5.73 Å². The van der Waals surface area contributed by atoms with E-state index < -0.39 is 15.6 Å². The SMILES string of the molecule is NCC1(NS(=O)(=O)c2ccc3c(c2)CCC3)CCCCC1. The molecule has 0 heterocycles. The standard InChI is InChI=1S/C16H24N2O2S/c17-12-16(9-2-1-3-10-16)18-21(19,20)15-8-7-13-5-4-6-14(13)11-15/h7-8,11,18H,1-6,9-10,12,17H2. The average Bonchev–Trinajstić information content (AvgIpc) is 2.95. The predicted octanol–water partition coefficient (Wildman–Crippen LogP) is 2.12. The molecule has 0 radical (unpaired) electrons. The van der Waals surface area contributed by atoms with E-state index in [0.29, 0.717) is 11.4 Å². The summed E-state index contributed by atoms with van der Waals surface area (Å²) in [7, 11) is -3.48. The van der Waals surface area contributed by atoms with E-state index in [4.69, 9.17) is 5.73 Å². The quantitative estimate of drug-likeness (QED) is 0.895. The number of hydrogen-bond acceptors (Lipinski definition) is 3. The predicted molar refractivity (Wildman–Crippen MR) is 83.7 cm³/mol. The molecule has 0 aromatic heterocycles. The molecular weight excluding hydrogens is 284 g/mol. The Bertz CT molecular complexity index is 619. The molecule has 0 amide bonds. The molecule has 116 valence electrons. The van der Waals surface area contributed by atoms with E-state index in [2.05, 4.69) is 4.72 Å². The minimum atomic E-state index is -3.48. The van der Waals surface area contributed by atoms with Crippen LogP contribution < -0.4 is 10.5 Å². The second-order valence-corrected chi connectivity index (χ2v) is 8.12. The van der Waals surface area contributed by atoms with Crippen molar-refractivity contribution in [1.29, 1.82) is 0 Å². The Morgan fingerprint density at radius 1 is 1.05 bits per heavy atom. The van der Waals surface area contributed by atoms with Crippen LogP contribution in [0.5, 0.6) is 0 Å². The summed E-state index contributed by atoms with van der Waals surface area (Å²) in [5.74, 6) is 0. The summed E-state index contributed by atoms with van der Waals surface area (Å²) in [4.78, 5) is 0.390. The molecule has 2 aliphatic carbocycles. The van der Waals surface area contributed by atoms with Gasteiger partial charge in [0.15, 0.2) is 0 Å². The molecule has 0 atom stereocenters. The highest BCUT2D eigenvalue weighted by atomic mass is 32.2. The van der Waals surface area contributed by atoms with Gasteiger partial charge >= 0.3 is 0 Å². The number of rotatable bonds is 4. The lowest BCUT2D eigenvalue weighted by Crippen LogP contribution is -2.54. The summed E-state index contributed by atoms with van der Waals surface area (Å²) in [6.45, 7) is 0.372. The monoisotopic (exact) mass is 308 g/mol. The summed E-state index contributed by atoms with van der Waals surface area (Å²) in [5, 5.41) is 0. The fraction of sp³-hybridized carbons (Fsp3) is 0.625. The number of hydrogen-bond donors (Lipinski definition) is 2. The van der Waals surface area contributed by atoms with Crippen molar-refractivity contribution >= 4 is 10.0 Å². The summed E-state index contributed by atoms with van der Waals surface area (Å²) < 4.78 is 28.3. The molecule has 5 heteroatoms. The van der Waals surface area contributed by atoms with Crippen LogP contribution in [0.2, 0.25) is 0 Å². The fourth-order valence-electron chi connectivity index (χ4n) is 3.64. The van der Waals surface area contributed by atoms with Crippen LogP contribution in [0, 0.1) is 0 Å². The van der Waals surface area contributed by atoms with Crippen LogP contribution in [0.15, 0.2) is 23.1 Å². The van der Waals surface area contributed by atoms with E-state index >= 15 is 0 Å². The molecule has 1 aromatic rings. The molecule has 0 spiro atoms. The minimum absolute atomic E-state index is 0.372. The molecule has 4 nitrogen and oxygen atoms in total. The van der Waals surface area contributed by atoms with Crippen LogP contribution in [0.1, 0.15) is 49.7 Å². The lowest BCUT2D eigenvalue weighted by atomic mass is 9.83. The average molecular weight is 308 g/mol. The molecule has 1 fully saturated rings. The normalized spacial score (nSPS) is 21.2. The van der Waals surface area contributed by atoms with E-state index in [9.17, 15) is 8.42 Å². The zero-order valence-corrected chi connectivity index (χ0v) is 13.2. The first-order chi connectivity index (χ1) is 10.0. The number of fused-ring (bicyclic) bond motifs is 1. The van der Waals surface area contributed by atoms with Crippen molar-refractivity contribution in [3.8, 4) is 0 Å². The molecule has 3 rings (SSSR count). The molecule has 1 saturated carbocycles. The van der Waals surface area contributed by atoms with Crippen LogP contribution in [0.25, 0.3) is 0 Å². The maximum Gasteiger partial charge on any atom is 0.241 e. The van der Waals surface area contributed by atoms with Crippen molar-refractivity contribution in [2.45, 2.75) is 61.8 Å². The lowest BCUT2D eigenvalue weighted by Gasteiger charge is -2.36. The van der Waals surface area contributed by atoms with Gasteiger partial charge < -0.3 is 5.73 Å². The Morgan fingerprint density at radius 3 is 2.48 bits per heavy atom. The molecule has 21 heavy (non-hydrogen) atoms. The van der Waals surface area contributed by atoms with E-state index in [1.807, 2.05) is 12.1 Å². The lowest BCUT2D eigenvalue weighted by molar-refractivity contribution is 0.276. The number of sulfonamides is 1. The first kappa shape index (κ1) is 15.0. The van der Waals surface area contributed by atoms with Gasteiger partial charge in [-0.25, -0.2) is 13.1 Å². The van der Waals surface area contributed by atoms with Gasteiger partial charge in [-0.05, 0) is 55.4 Å². The number of nitrogens with one attached hydrogen (secondary N) is 1. The Morgan fingerprint density at radius 2 is 1.76 bits per heavy atom. The largest absolute Gasteiger partial charge is 0.329 e. The summed E-state index contributed by atoms with van der Waals surface area (Å²) in [6, 6.07) is 5.55. The van der Waals surface area contributed by atoms with Crippen LogP contribution in [-0.4, -0.2) is 20.5 Å². The first-order valence-electron chi connectivity index (χ1n) is 7.91. The second-order valence-electron chi connectivity index (χ2n) is 6.43. The van der Waals surface area contributed by atoms with Gasteiger partial charge in [0.1, 0.15) is 0 Å². The summed E-state index contributed by atoms with van der Waals surface area (Å²) in [6.07, 6.45) is 8.12. The third-order valence-corrected chi connectivity index (χ3v) is 6.51. The Kier molecular flexibility index (Phi) is 4.08. The summed E-state index contributed by atoms with van der Waals surface area (Å²) >= 11 is 0. The van der Waals surface area contributed by atoms with Crippen LogP contribution in [0.3, 0.4) is 0 Å². The third kappa shape index (κ3) is 3.00. The third-order valence-electron chi connectivity index (χ3n) is 4.93. The molecular formula is C16H24N2O2S. The first-order valence-corrected chi connectivity index (χ1v) is 9.39. The van der Waals surface area contributed by atoms with Gasteiger partial charge in [0, 0.05) is 12.1 Å². The van der Waals surface area contributed by atoms with Crippen molar-refractivity contribution in [3.05, 3.63) is 29.3 Å². The van der Waals surface area contributed by atoms with Crippen molar-refractivity contribution < 1.29 is 8.42 Å². The van der Waals surface area contributed by atoms with Crippen LogP contribution in [0.4, 0.5) is 0 Å². The molecule has 0 bridgehead atoms. The van der Waals surface area contributed by atoms with E-state index in [1.54, 1.807) is 6.07 Å². The number of nitrogens with two attached hydrogens (primary N) is 1. The van der Waals surface area contributed by atoms with E-state index in [0.717, 1.165) is 44.9 Å². The van der Waals surface area contributed by atoms with E-state index in [-0.39, 0.29) is 0 Å². The Labute approximate surface area is 127 Å². The van der Waals surface area contributed by atoms with E-state index in [1.165, 1.54) is 17.5 Å². The molecule has 0 aliphatic heterocycles. The van der Waals surface area contributed by atoms with Crippen LogP contribution in [-0.2, 0) is 22.9 Å². The fourth-order valence-corrected chi connectivity index (χ4v) is 5.16. The van der Waals surface area contributed by atoms with Gasteiger partial charge in [-0.2, -0.15) is 0 Å². The van der Waals surface area contributed by atoms with Crippen molar-refractivity contribution in [3.63, 3.8) is 0 Å². The highest BCUT2D eigenvalue weighted by molar-refractivity contribution is 7.89. The number of aryl methyl sites for hydroxylation is 2. The Balaban J connectivity index is 1.86. The highest BCUT2D eigenvalue weighted by Crippen LogP contribution is 2.30. The van der Waals surface area contributed by atoms with Gasteiger partial charge in [0.25, 0.3) is 0 Å². The van der Waals surface area contributed by atoms with Gasteiger partial charge in [-0.3, -0.25) is 0 Å². The summed E-state index contributed by atoms with van der Waals surface area (Å²) in [5.41, 5.74) is 7.91. The van der Waals surface area contributed by atoms with Crippen molar-refractivity contribution in [2.75, 3.05) is 6.54 Å². The van der Waals surface area contributed by atoms with Gasteiger partial charge in [0.05, 0.1) is 4.90 Å². The molecule has 0 saturated heterocycles. The molecule has 1 aromatic carbocycles. The molecule has 0 unspecified atom stereocenters. The van der Waals surface area contributed by atoms with Crippen LogP contribution >= 0.6 is 0 Å². The maximum absolute atomic E-state index is 12.7. The Hall–Kier alpha value is -0.910. The maximum atomic E-state index is 12.7. The second kappa shape index (κ2) is 5.71. The van der Waals surface area contributed by atoms with Gasteiger partial charge in [0.2, 0.25) is 10.0 Å². The smallest absolute Gasteiger partial charge is 0.241 e. The molecule has 2 aliphatic rings. The zero-order valence-electron chi connectivity index (χ0n) is 12.4.